The molecule has 0 aliphatic rings. The van der Waals surface area contributed by atoms with E-state index in [-0.39, 0.29) is 11.1 Å². The molecule has 1 aromatic heterocycles. The van der Waals surface area contributed by atoms with Gasteiger partial charge in [-0.15, -0.1) is 0 Å². The standard InChI is InChI=1S/C23H22BrF3N2O4/c1-4-18-17-11-15(9-10-16(17)19(30)33-29-18)28-20(31)22(32,23(25,26)27)12-21(2,3)13-5-7-14(24)8-6-13/h5-11,32H,4,12H2,1-3H3,(H,28,31). The van der Waals surface area contributed by atoms with Crippen molar-refractivity contribution in [3.63, 3.8) is 0 Å². The van der Waals surface area contributed by atoms with Gasteiger partial charge in [-0.1, -0.05) is 54.0 Å². The Bertz CT molecular complexity index is 1240. The molecule has 10 heteroatoms. The molecular weight excluding hydrogens is 505 g/mol. The Balaban J connectivity index is 1.97. The van der Waals surface area contributed by atoms with Gasteiger partial charge < -0.3 is 14.9 Å². The van der Waals surface area contributed by atoms with Crippen LogP contribution in [0.5, 0.6) is 0 Å². The lowest BCUT2D eigenvalue weighted by Crippen LogP contribution is -2.57. The SMILES string of the molecule is CCc1noc(=O)c2ccc(NC(=O)C(O)(CC(C)(C)c3ccc(Br)cc3)C(F)(F)F)cc12. The number of hydrogen-bond acceptors (Lipinski definition) is 5. The van der Waals surface area contributed by atoms with Crippen molar-refractivity contribution >= 4 is 38.3 Å². The van der Waals surface area contributed by atoms with Gasteiger partial charge in [0.25, 0.3) is 5.91 Å². The predicted octanol–water partition coefficient (Wildman–Crippen LogP) is 5.11. The quantitative estimate of drug-likeness (QED) is 0.465. The maximum atomic E-state index is 14.0. The molecule has 1 unspecified atom stereocenters. The molecular formula is C23H22BrF3N2O4. The first kappa shape index (κ1) is 24.9. The number of nitrogens with zero attached hydrogens (tertiary/aromatic N) is 1. The van der Waals surface area contributed by atoms with Crippen LogP contribution >= 0.6 is 15.9 Å². The molecule has 0 aliphatic carbocycles. The zero-order valence-electron chi connectivity index (χ0n) is 18.1. The Hall–Kier alpha value is -2.72. The fourth-order valence-electron chi connectivity index (χ4n) is 3.68. The van der Waals surface area contributed by atoms with Crippen LogP contribution in [0.3, 0.4) is 0 Å². The van der Waals surface area contributed by atoms with Crippen LogP contribution in [-0.2, 0) is 16.6 Å². The minimum absolute atomic E-state index is 0.0151. The summed E-state index contributed by atoms with van der Waals surface area (Å²) < 4.78 is 47.5. The minimum atomic E-state index is -5.24. The Kier molecular flexibility index (Phi) is 6.72. The molecule has 176 valence electrons. The smallest absolute Gasteiger partial charge is 0.373 e. The molecule has 0 spiro atoms. The number of benzene rings is 2. The number of fused-ring (bicyclic) bond motifs is 1. The lowest BCUT2D eigenvalue weighted by atomic mass is 9.74. The lowest BCUT2D eigenvalue weighted by Gasteiger charge is -2.36. The molecule has 33 heavy (non-hydrogen) atoms. The van der Waals surface area contributed by atoms with E-state index >= 15 is 0 Å². The van der Waals surface area contributed by atoms with E-state index < -0.39 is 35.1 Å². The van der Waals surface area contributed by atoms with Crippen molar-refractivity contribution in [2.45, 2.75) is 50.8 Å². The van der Waals surface area contributed by atoms with Gasteiger partial charge in [0.15, 0.2) is 0 Å². The second-order valence-electron chi connectivity index (χ2n) is 8.41. The van der Waals surface area contributed by atoms with E-state index in [1.165, 1.54) is 32.0 Å². The van der Waals surface area contributed by atoms with E-state index in [0.717, 1.165) is 4.47 Å². The van der Waals surface area contributed by atoms with E-state index in [2.05, 4.69) is 26.4 Å². The van der Waals surface area contributed by atoms with Crippen LogP contribution in [0.1, 0.15) is 38.4 Å². The zero-order valence-corrected chi connectivity index (χ0v) is 19.7. The summed E-state index contributed by atoms with van der Waals surface area (Å²) in [6, 6.07) is 10.6. The Morgan fingerprint density at radius 1 is 1.12 bits per heavy atom. The van der Waals surface area contributed by atoms with Gasteiger partial charge in [-0.25, -0.2) is 4.79 Å². The first-order valence-electron chi connectivity index (χ1n) is 10.1. The summed E-state index contributed by atoms with van der Waals surface area (Å²) in [7, 11) is 0. The number of aliphatic hydroxyl groups is 1. The number of aryl methyl sites for hydroxylation is 1. The molecule has 2 aromatic carbocycles. The van der Waals surface area contributed by atoms with Crippen molar-refractivity contribution in [1.29, 1.82) is 0 Å². The maximum absolute atomic E-state index is 14.0. The highest BCUT2D eigenvalue weighted by atomic mass is 79.9. The number of aromatic nitrogens is 1. The first-order chi connectivity index (χ1) is 15.3. The van der Waals surface area contributed by atoms with Gasteiger partial charge in [0, 0.05) is 22.0 Å². The van der Waals surface area contributed by atoms with Crippen LogP contribution in [0.15, 0.2) is 56.3 Å². The normalized spacial score (nSPS) is 14.2. The highest BCUT2D eigenvalue weighted by Crippen LogP contribution is 2.42. The molecule has 0 aliphatic heterocycles. The molecule has 6 nitrogen and oxygen atoms in total. The molecule has 0 fully saturated rings. The van der Waals surface area contributed by atoms with Crippen molar-refractivity contribution in [2.75, 3.05) is 5.32 Å². The molecule has 2 N–H and O–H groups in total. The van der Waals surface area contributed by atoms with Gasteiger partial charge in [0.2, 0.25) is 5.60 Å². The topological polar surface area (TPSA) is 92.4 Å². The molecule has 0 bridgehead atoms. The van der Waals surface area contributed by atoms with Crippen molar-refractivity contribution in [2.24, 2.45) is 0 Å². The monoisotopic (exact) mass is 526 g/mol. The number of carbonyl (C=O) groups is 1. The number of carbonyl (C=O) groups excluding carboxylic acids is 1. The second-order valence-corrected chi connectivity index (χ2v) is 9.33. The molecule has 0 saturated carbocycles. The Morgan fingerprint density at radius 2 is 1.76 bits per heavy atom. The van der Waals surface area contributed by atoms with Gasteiger partial charge >= 0.3 is 11.8 Å². The van der Waals surface area contributed by atoms with E-state index in [1.807, 2.05) is 0 Å². The molecule has 3 rings (SSSR count). The number of amides is 1. The highest BCUT2D eigenvalue weighted by molar-refractivity contribution is 9.10. The Labute approximate surface area is 195 Å². The Morgan fingerprint density at radius 3 is 2.33 bits per heavy atom. The lowest BCUT2D eigenvalue weighted by molar-refractivity contribution is -0.254. The number of hydrogen-bond donors (Lipinski definition) is 2. The van der Waals surface area contributed by atoms with Crippen molar-refractivity contribution in [3.8, 4) is 0 Å². The molecule has 1 amide bonds. The summed E-state index contributed by atoms with van der Waals surface area (Å²) in [6.45, 7) is 4.81. The molecule has 1 heterocycles. The number of rotatable bonds is 6. The zero-order chi connectivity index (χ0) is 24.6. The van der Waals surface area contributed by atoms with Crippen molar-refractivity contribution < 1.29 is 27.6 Å². The molecule has 1 atom stereocenters. The van der Waals surface area contributed by atoms with Gasteiger partial charge in [-0.2, -0.15) is 13.2 Å². The number of alkyl halides is 3. The largest absolute Gasteiger partial charge is 0.426 e. The summed E-state index contributed by atoms with van der Waals surface area (Å²) in [5, 5.41) is 17.0. The highest BCUT2D eigenvalue weighted by Gasteiger charge is 2.61. The predicted molar refractivity (Wildman–Crippen MR) is 121 cm³/mol. The third-order valence-corrected chi connectivity index (χ3v) is 6.08. The number of anilines is 1. The van der Waals surface area contributed by atoms with Crippen molar-refractivity contribution in [3.05, 3.63) is 68.6 Å². The fourth-order valence-corrected chi connectivity index (χ4v) is 3.94. The van der Waals surface area contributed by atoms with Gasteiger partial charge in [-0.3, -0.25) is 4.79 Å². The maximum Gasteiger partial charge on any atom is 0.426 e. The van der Waals surface area contributed by atoms with Crippen LogP contribution in [0.25, 0.3) is 10.8 Å². The van der Waals surface area contributed by atoms with Crippen LogP contribution in [0.4, 0.5) is 18.9 Å². The average molecular weight is 527 g/mol. The summed E-state index contributed by atoms with van der Waals surface area (Å²) in [5.74, 6) is -1.62. The van der Waals surface area contributed by atoms with E-state index in [0.29, 0.717) is 23.1 Å². The summed E-state index contributed by atoms with van der Waals surface area (Å²) in [4.78, 5) is 24.7. The second kappa shape index (κ2) is 8.90. The number of halogens is 4. The van der Waals surface area contributed by atoms with Crippen LogP contribution in [0.2, 0.25) is 0 Å². The summed E-state index contributed by atoms with van der Waals surface area (Å²) in [6.07, 6.45) is -5.75. The van der Waals surface area contributed by atoms with Crippen molar-refractivity contribution in [1.82, 2.24) is 5.16 Å². The third kappa shape index (κ3) is 4.96. The summed E-state index contributed by atoms with van der Waals surface area (Å²) >= 11 is 3.27. The van der Waals surface area contributed by atoms with Gasteiger partial charge in [-0.05, 0) is 47.7 Å². The van der Waals surface area contributed by atoms with E-state index in [1.54, 1.807) is 31.2 Å². The molecule has 0 saturated heterocycles. The van der Waals surface area contributed by atoms with E-state index in [4.69, 9.17) is 4.52 Å². The molecule has 0 radical (unpaired) electrons. The third-order valence-electron chi connectivity index (χ3n) is 5.55. The van der Waals surface area contributed by atoms with Crippen LogP contribution < -0.4 is 10.9 Å². The minimum Gasteiger partial charge on any atom is -0.373 e. The fraction of sp³-hybridized carbons (Fsp3) is 0.348. The van der Waals surface area contributed by atoms with Crippen LogP contribution in [0, 0.1) is 0 Å². The average Bonchev–Trinajstić information content (AvgIpc) is 2.73. The van der Waals surface area contributed by atoms with Gasteiger partial charge in [0.05, 0.1) is 11.1 Å². The first-order valence-corrected chi connectivity index (χ1v) is 10.9. The van der Waals surface area contributed by atoms with Gasteiger partial charge in [0.1, 0.15) is 0 Å². The van der Waals surface area contributed by atoms with E-state index in [9.17, 15) is 27.9 Å². The number of nitrogens with one attached hydrogen (secondary N) is 1. The van der Waals surface area contributed by atoms with Crippen LogP contribution in [-0.4, -0.2) is 27.9 Å². The summed E-state index contributed by atoms with van der Waals surface area (Å²) in [5.41, 5.74) is -4.65. The molecule has 3 aromatic rings.